The summed E-state index contributed by atoms with van der Waals surface area (Å²) >= 11 is 0. The van der Waals surface area contributed by atoms with Gasteiger partial charge in [-0.1, -0.05) is 0 Å². The van der Waals surface area contributed by atoms with Crippen molar-refractivity contribution >= 4 is 0 Å². The zero-order valence-electron chi connectivity index (χ0n) is 10.2. The Labute approximate surface area is 102 Å². The molecule has 0 spiro atoms. The summed E-state index contributed by atoms with van der Waals surface area (Å²) in [5.74, 6) is -2.23. The van der Waals surface area contributed by atoms with Gasteiger partial charge in [0, 0.05) is 25.9 Å². The van der Waals surface area contributed by atoms with E-state index in [0.717, 1.165) is 38.9 Å². The number of likely N-dealkylation sites (tertiary alicyclic amines) is 1. The fourth-order valence-corrected chi connectivity index (χ4v) is 3.12. The maximum absolute atomic E-state index is 13.3. The topological polar surface area (TPSA) is 27.0 Å². The summed E-state index contributed by atoms with van der Waals surface area (Å²) in [7, 11) is 0. The molecule has 2 unspecified atom stereocenters. The van der Waals surface area contributed by atoms with Crippen molar-refractivity contribution in [2.24, 2.45) is 11.8 Å². The third-order valence-corrected chi connectivity index (χ3v) is 3.95. The van der Waals surface area contributed by atoms with Gasteiger partial charge in [-0.3, -0.25) is 0 Å². The van der Waals surface area contributed by atoms with Crippen LogP contribution in [0.5, 0.6) is 0 Å². The van der Waals surface area contributed by atoms with Crippen LogP contribution in [-0.2, 0) is 0 Å². The Morgan fingerprint density at radius 2 is 2.12 bits per heavy atom. The summed E-state index contributed by atoms with van der Waals surface area (Å²) in [5, 5.41) is 8.90. The number of halogens is 2. The molecule has 1 saturated carbocycles. The van der Waals surface area contributed by atoms with Crippen LogP contribution >= 0.6 is 0 Å². The lowest BCUT2D eigenvalue weighted by molar-refractivity contribution is -0.0579. The summed E-state index contributed by atoms with van der Waals surface area (Å²) in [4.78, 5) is 2.21. The Hall–Kier alpha value is -0.690. The first-order valence-corrected chi connectivity index (χ1v) is 6.59. The van der Waals surface area contributed by atoms with Crippen LogP contribution in [-0.4, -0.2) is 30.5 Å². The average molecular weight is 242 g/mol. The van der Waals surface area contributed by atoms with Gasteiger partial charge in [0.15, 0.2) is 0 Å². The highest BCUT2D eigenvalue weighted by atomic mass is 19.3. The van der Waals surface area contributed by atoms with Gasteiger partial charge in [0.05, 0.1) is 12.0 Å². The van der Waals surface area contributed by atoms with E-state index in [4.69, 9.17) is 5.26 Å². The van der Waals surface area contributed by atoms with Crippen molar-refractivity contribution in [2.45, 2.75) is 44.4 Å². The van der Waals surface area contributed by atoms with E-state index in [1.54, 1.807) is 0 Å². The van der Waals surface area contributed by atoms with Gasteiger partial charge in [0.2, 0.25) is 5.92 Å². The Morgan fingerprint density at radius 3 is 2.82 bits per heavy atom. The Balaban J connectivity index is 1.82. The first-order chi connectivity index (χ1) is 8.09. The van der Waals surface area contributed by atoms with Crippen molar-refractivity contribution in [3.63, 3.8) is 0 Å². The molecule has 1 saturated heterocycles. The van der Waals surface area contributed by atoms with E-state index in [1.807, 2.05) is 0 Å². The quantitative estimate of drug-likeness (QED) is 0.744. The molecule has 17 heavy (non-hydrogen) atoms. The van der Waals surface area contributed by atoms with Crippen molar-refractivity contribution < 1.29 is 8.78 Å². The molecule has 0 N–H and O–H groups in total. The summed E-state index contributed by atoms with van der Waals surface area (Å²) in [6, 6.07) is 2.30. The van der Waals surface area contributed by atoms with Gasteiger partial charge in [-0.25, -0.2) is 8.78 Å². The minimum absolute atomic E-state index is 0.0424. The molecule has 2 rings (SSSR count). The third-order valence-electron chi connectivity index (χ3n) is 3.95. The van der Waals surface area contributed by atoms with E-state index in [2.05, 4.69) is 11.0 Å². The maximum atomic E-state index is 13.3. The highest BCUT2D eigenvalue weighted by Gasteiger charge is 2.37. The molecule has 2 aliphatic rings. The second-order valence-corrected chi connectivity index (χ2v) is 5.55. The Morgan fingerprint density at radius 1 is 1.29 bits per heavy atom. The van der Waals surface area contributed by atoms with Crippen molar-refractivity contribution in [2.75, 3.05) is 19.6 Å². The summed E-state index contributed by atoms with van der Waals surface area (Å²) in [6.07, 6.45) is 3.66. The minimum atomic E-state index is -2.45. The van der Waals surface area contributed by atoms with Crippen LogP contribution in [0.25, 0.3) is 0 Å². The highest BCUT2D eigenvalue weighted by molar-refractivity contribution is 4.89. The SMILES string of the molecule is N#CC1CCCN(CC2CCCC(F)(F)C2)C1. The number of hydrogen-bond donors (Lipinski definition) is 0. The fourth-order valence-electron chi connectivity index (χ4n) is 3.12. The molecule has 0 aromatic heterocycles. The van der Waals surface area contributed by atoms with E-state index < -0.39 is 5.92 Å². The van der Waals surface area contributed by atoms with E-state index >= 15 is 0 Å². The molecule has 0 bridgehead atoms. The van der Waals surface area contributed by atoms with Crippen molar-refractivity contribution in [3.05, 3.63) is 0 Å². The first-order valence-electron chi connectivity index (χ1n) is 6.59. The molecular weight excluding hydrogens is 222 g/mol. The molecule has 0 aromatic carbocycles. The normalized spacial score (nSPS) is 34.2. The number of alkyl halides is 2. The van der Waals surface area contributed by atoms with Crippen LogP contribution in [0.4, 0.5) is 8.78 Å². The standard InChI is InChI=1S/C13H20F2N2/c14-13(15)5-1-3-11(7-13)9-17-6-2-4-12(8-16)10-17/h11-12H,1-7,9-10H2. The summed E-state index contributed by atoms with van der Waals surface area (Å²) < 4.78 is 26.6. The molecule has 0 radical (unpaired) electrons. The number of hydrogen-bond acceptors (Lipinski definition) is 2. The van der Waals surface area contributed by atoms with Crippen molar-refractivity contribution in [3.8, 4) is 6.07 Å². The van der Waals surface area contributed by atoms with Crippen LogP contribution in [0, 0.1) is 23.2 Å². The van der Waals surface area contributed by atoms with E-state index in [9.17, 15) is 8.78 Å². The van der Waals surface area contributed by atoms with Crippen molar-refractivity contribution in [1.82, 2.24) is 4.90 Å². The fraction of sp³-hybridized carbons (Fsp3) is 0.923. The van der Waals surface area contributed by atoms with Gasteiger partial charge in [-0.15, -0.1) is 0 Å². The minimum Gasteiger partial charge on any atom is -0.302 e. The zero-order chi connectivity index (χ0) is 12.3. The largest absolute Gasteiger partial charge is 0.302 e. The van der Waals surface area contributed by atoms with Crippen LogP contribution in [0.3, 0.4) is 0 Å². The molecule has 2 fully saturated rings. The van der Waals surface area contributed by atoms with Gasteiger partial charge in [-0.2, -0.15) is 5.26 Å². The zero-order valence-corrected chi connectivity index (χ0v) is 10.2. The molecule has 0 aromatic rings. The number of nitriles is 1. The van der Waals surface area contributed by atoms with Gasteiger partial charge in [0.25, 0.3) is 0 Å². The second kappa shape index (κ2) is 5.30. The lowest BCUT2D eigenvalue weighted by Crippen LogP contribution is -2.40. The van der Waals surface area contributed by atoms with Gasteiger partial charge < -0.3 is 4.90 Å². The van der Waals surface area contributed by atoms with E-state index in [0.29, 0.717) is 6.42 Å². The molecule has 4 heteroatoms. The van der Waals surface area contributed by atoms with Gasteiger partial charge in [-0.05, 0) is 38.1 Å². The Bertz CT molecular complexity index is 298. The molecule has 0 amide bonds. The molecular formula is C13H20F2N2. The molecule has 96 valence electrons. The van der Waals surface area contributed by atoms with E-state index in [-0.39, 0.29) is 24.7 Å². The molecule has 1 aliphatic carbocycles. The molecule has 1 aliphatic heterocycles. The van der Waals surface area contributed by atoms with Crippen molar-refractivity contribution in [1.29, 1.82) is 5.26 Å². The Kier molecular flexibility index (Phi) is 3.98. The number of nitrogens with zero attached hydrogens (tertiary/aromatic N) is 2. The molecule has 2 nitrogen and oxygen atoms in total. The summed E-state index contributed by atoms with van der Waals surface area (Å²) in [6.45, 7) is 2.51. The lowest BCUT2D eigenvalue weighted by atomic mass is 9.85. The van der Waals surface area contributed by atoms with Gasteiger partial charge in [0.1, 0.15) is 0 Å². The van der Waals surface area contributed by atoms with Crippen LogP contribution < -0.4 is 0 Å². The average Bonchev–Trinajstić information content (AvgIpc) is 2.28. The van der Waals surface area contributed by atoms with E-state index in [1.165, 1.54) is 0 Å². The molecule has 1 heterocycles. The first kappa shape index (κ1) is 12.8. The third kappa shape index (κ3) is 3.64. The lowest BCUT2D eigenvalue weighted by Gasteiger charge is -2.35. The smallest absolute Gasteiger partial charge is 0.248 e. The van der Waals surface area contributed by atoms with Crippen LogP contribution in [0.1, 0.15) is 38.5 Å². The second-order valence-electron chi connectivity index (χ2n) is 5.55. The maximum Gasteiger partial charge on any atom is 0.248 e. The molecule has 2 atom stereocenters. The van der Waals surface area contributed by atoms with Gasteiger partial charge >= 0.3 is 0 Å². The predicted octanol–water partition coefficient (Wildman–Crippen LogP) is 3.05. The monoisotopic (exact) mass is 242 g/mol. The predicted molar refractivity (Wildman–Crippen MR) is 61.7 cm³/mol. The highest BCUT2D eigenvalue weighted by Crippen LogP contribution is 2.37. The number of piperidine rings is 1. The number of rotatable bonds is 2. The van der Waals surface area contributed by atoms with Crippen LogP contribution in [0.15, 0.2) is 0 Å². The van der Waals surface area contributed by atoms with Crippen LogP contribution in [0.2, 0.25) is 0 Å². The summed E-state index contributed by atoms with van der Waals surface area (Å²) in [5.41, 5.74) is 0.